The number of hydrogen-bond acceptors (Lipinski definition) is 7. The van der Waals surface area contributed by atoms with Crippen molar-refractivity contribution in [2.75, 3.05) is 37.0 Å². The molecule has 2 aromatic heterocycles. The molecule has 0 atom stereocenters. The van der Waals surface area contributed by atoms with Crippen molar-refractivity contribution in [3.05, 3.63) is 24.0 Å². The number of fused-ring (bicyclic) bond motifs is 1. The second kappa shape index (κ2) is 7.31. The number of rotatable bonds is 6. The highest BCUT2D eigenvalue weighted by Gasteiger charge is 2.37. The number of nitrogens with zero attached hydrogens (tertiary/aromatic N) is 8. The van der Waals surface area contributed by atoms with Crippen molar-refractivity contribution in [1.29, 1.82) is 0 Å². The highest BCUT2D eigenvalue weighted by molar-refractivity contribution is 5.51. The minimum Gasteiger partial charge on any atom is -0.363 e. The zero-order valence-corrected chi connectivity index (χ0v) is 17.0. The summed E-state index contributed by atoms with van der Waals surface area (Å²) in [5.74, 6) is 4.39. The van der Waals surface area contributed by atoms with E-state index in [4.69, 9.17) is 0 Å². The molecule has 5 rings (SSSR count). The van der Waals surface area contributed by atoms with Crippen LogP contribution >= 0.6 is 0 Å². The summed E-state index contributed by atoms with van der Waals surface area (Å²) in [5.41, 5.74) is 0. The summed E-state index contributed by atoms with van der Waals surface area (Å²) in [4.78, 5) is 16.2. The fraction of sp³-hybridized carbons (Fsp3) is 0.700. The highest BCUT2D eigenvalue weighted by atomic mass is 15.3. The van der Waals surface area contributed by atoms with Crippen LogP contribution in [-0.2, 0) is 19.5 Å². The van der Waals surface area contributed by atoms with Crippen molar-refractivity contribution < 1.29 is 0 Å². The van der Waals surface area contributed by atoms with Gasteiger partial charge >= 0.3 is 0 Å². The van der Waals surface area contributed by atoms with E-state index in [0.717, 1.165) is 50.1 Å². The number of likely N-dealkylation sites (tertiary alicyclic amines) is 1. The molecule has 8 nitrogen and oxygen atoms in total. The first-order chi connectivity index (χ1) is 13.7. The first-order valence-electron chi connectivity index (χ1n) is 10.6. The lowest BCUT2D eigenvalue weighted by Gasteiger charge is -2.39. The van der Waals surface area contributed by atoms with Crippen LogP contribution in [0, 0.1) is 0 Å². The summed E-state index contributed by atoms with van der Waals surface area (Å²) in [6.45, 7) is 4.25. The van der Waals surface area contributed by atoms with Gasteiger partial charge in [-0.05, 0) is 32.1 Å². The van der Waals surface area contributed by atoms with Gasteiger partial charge in [0.15, 0.2) is 0 Å². The van der Waals surface area contributed by atoms with Crippen LogP contribution < -0.4 is 9.80 Å². The molecule has 0 spiro atoms. The molecular weight excluding hydrogens is 352 g/mol. The molecule has 2 fully saturated rings. The first kappa shape index (κ1) is 17.8. The molecule has 4 heterocycles. The predicted octanol–water partition coefficient (Wildman–Crippen LogP) is 1.71. The van der Waals surface area contributed by atoms with Crippen LogP contribution in [0.1, 0.15) is 43.8 Å². The summed E-state index contributed by atoms with van der Waals surface area (Å²) in [6, 6.07) is 3.36. The van der Waals surface area contributed by atoms with E-state index >= 15 is 0 Å². The topological polar surface area (TPSA) is 66.2 Å². The van der Waals surface area contributed by atoms with E-state index in [1.54, 1.807) is 6.33 Å². The van der Waals surface area contributed by atoms with E-state index < -0.39 is 0 Å². The summed E-state index contributed by atoms with van der Waals surface area (Å²) in [7, 11) is 4.07. The van der Waals surface area contributed by atoms with Gasteiger partial charge in [0.25, 0.3) is 0 Å². The molecule has 8 heteroatoms. The van der Waals surface area contributed by atoms with Gasteiger partial charge in [0.1, 0.15) is 29.6 Å². The number of aryl methyl sites for hydroxylation is 1. The molecule has 1 aliphatic carbocycles. The Balaban J connectivity index is 1.25. The Bertz CT molecular complexity index is 819. The Hall–Kier alpha value is -2.22. The van der Waals surface area contributed by atoms with Gasteiger partial charge in [-0.15, -0.1) is 10.2 Å². The van der Waals surface area contributed by atoms with Gasteiger partial charge in [-0.2, -0.15) is 0 Å². The largest absolute Gasteiger partial charge is 0.363 e. The molecule has 2 aromatic rings. The van der Waals surface area contributed by atoms with Crippen molar-refractivity contribution in [2.24, 2.45) is 0 Å². The lowest BCUT2D eigenvalue weighted by Crippen LogP contribution is -2.46. The smallest absolute Gasteiger partial charge is 0.147 e. The highest BCUT2D eigenvalue weighted by Crippen LogP contribution is 2.36. The number of piperidine rings is 1. The fourth-order valence-corrected chi connectivity index (χ4v) is 4.63. The molecular formula is C20H30N8. The maximum absolute atomic E-state index is 4.63. The molecule has 0 radical (unpaired) electrons. The van der Waals surface area contributed by atoms with Crippen LogP contribution in [-0.4, -0.2) is 68.9 Å². The van der Waals surface area contributed by atoms with Gasteiger partial charge in [0.05, 0.1) is 6.54 Å². The van der Waals surface area contributed by atoms with Gasteiger partial charge in [-0.3, -0.25) is 4.90 Å². The zero-order valence-electron chi connectivity index (χ0n) is 17.0. The monoisotopic (exact) mass is 382 g/mol. The average molecular weight is 383 g/mol. The SMILES string of the molecule is CN(C)c1cc(N(C2CC2)C2CCN(Cc3nnc4n3CCC4)CC2)ncn1. The zero-order chi connectivity index (χ0) is 19.1. The van der Waals surface area contributed by atoms with Crippen LogP contribution in [0.3, 0.4) is 0 Å². The molecule has 0 aromatic carbocycles. The molecule has 150 valence electrons. The standard InChI is InChI=1S/C20H30N8/c1-25(2)18-12-19(22-14-21-18)28(15-5-6-15)16-7-10-26(11-8-16)13-20-24-23-17-4-3-9-27(17)20/h12,14-16H,3-11,13H2,1-2H3. The van der Waals surface area contributed by atoms with Gasteiger partial charge in [-0.1, -0.05) is 0 Å². The normalized spacial score (nSPS) is 20.4. The quantitative estimate of drug-likeness (QED) is 0.753. The van der Waals surface area contributed by atoms with Gasteiger partial charge in [0, 0.05) is 58.3 Å². The van der Waals surface area contributed by atoms with Crippen molar-refractivity contribution in [1.82, 2.24) is 29.6 Å². The third kappa shape index (κ3) is 3.45. The van der Waals surface area contributed by atoms with Gasteiger partial charge < -0.3 is 14.4 Å². The van der Waals surface area contributed by atoms with Crippen molar-refractivity contribution in [2.45, 2.75) is 63.7 Å². The first-order valence-corrected chi connectivity index (χ1v) is 10.6. The molecule has 1 saturated heterocycles. The van der Waals surface area contributed by atoms with E-state index in [1.165, 1.54) is 37.9 Å². The van der Waals surface area contributed by atoms with Crippen LogP contribution in [0.5, 0.6) is 0 Å². The van der Waals surface area contributed by atoms with Crippen LogP contribution in [0.4, 0.5) is 11.6 Å². The summed E-state index contributed by atoms with van der Waals surface area (Å²) in [6.07, 6.45) is 8.93. The van der Waals surface area contributed by atoms with Crippen LogP contribution in [0.15, 0.2) is 12.4 Å². The minimum absolute atomic E-state index is 0.567. The molecule has 1 saturated carbocycles. The molecule has 0 N–H and O–H groups in total. The van der Waals surface area contributed by atoms with Crippen molar-refractivity contribution in [3.8, 4) is 0 Å². The number of aromatic nitrogens is 5. The molecule has 0 unspecified atom stereocenters. The maximum atomic E-state index is 4.63. The Morgan fingerprint density at radius 1 is 0.964 bits per heavy atom. The fourth-order valence-electron chi connectivity index (χ4n) is 4.63. The summed E-state index contributed by atoms with van der Waals surface area (Å²) < 4.78 is 2.33. The van der Waals surface area contributed by atoms with Crippen LogP contribution in [0.25, 0.3) is 0 Å². The van der Waals surface area contributed by atoms with E-state index in [-0.39, 0.29) is 0 Å². The van der Waals surface area contributed by atoms with E-state index in [0.29, 0.717) is 12.1 Å². The molecule has 0 bridgehead atoms. The summed E-state index contributed by atoms with van der Waals surface area (Å²) in [5, 5.41) is 8.80. The third-order valence-corrected chi connectivity index (χ3v) is 6.30. The predicted molar refractivity (Wildman–Crippen MR) is 109 cm³/mol. The third-order valence-electron chi connectivity index (χ3n) is 6.30. The number of hydrogen-bond donors (Lipinski definition) is 0. The van der Waals surface area contributed by atoms with Gasteiger partial charge in [0.2, 0.25) is 0 Å². The Kier molecular flexibility index (Phi) is 4.66. The van der Waals surface area contributed by atoms with Crippen molar-refractivity contribution >= 4 is 11.6 Å². The average Bonchev–Trinajstić information content (AvgIpc) is 3.29. The van der Waals surface area contributed by atoms with Crippen LogP contribution in [0.2, 0.25) is 0 Å². The minimum atomic E-state index is 0.567. The second-order valence-electron chi connectivity index (χ2n) is 8.56. The summed E-state index contributed by atoms with van der Waals surface area (Å²) >= 11 is 0. The molecule has 2 aliphatic heterocycles. The molecule has 28 heavy (non-hydrogen) atoms. The Labute approximate surface area is 166 Å². The number of anilines is 2. The van der Waals surface area contributed by atoms with E-state index in [9.17, 15) is 0 Å². The second-order valence-corrected chi connectivity index (χ2v) is 8.56. The van der Waals surface area contributed by atoms with E-state index in [2.05, 4.69) is 45.5 Å². The van der Waals surface area contributed by atoms with E-state index in [1.807, 2.05) is 14.1 Å². The Morgan fingerprint density at radius 3 is 2.46 bits per heavy atom. The maximum Gasteiger partial charge on any atom is 0.147 e. The van der Waals surface area contributed by atoms with Gasteiger partial charge in [-0.25, -0.2) is 9.97 Å². The Morgan fingerprint density at radius 2 is 1.71 bits per heavy atom. The van der Waals surface area contributed by atoms with Crippen molar-refractivity contribution in [3.63, 3.8) is 0 Å². The lowest BCUT2D eigenvalue weighted by molar-refractivity contribution is 0.194. The molecule has 3 aliphatic rings. The lowest BCUT2D eigenvalue weighted by atomic mass is 10.0. The molecule has 0 amide bonds.